The lowest BCUT2D eigenvalue weighted by Gasteiger charge is -1.97. The summed E-state index contributed by atoms with van der Waals surface area (Å²) in [5, 5.41) is 20.4. The average molecular weight is 215 g/mol. The summed E-state index contributed by atoms with van der Waals surface area (Å²) < 4.78 is 1.68. The number of aromatic nitrogens is 5. The molecular weight excluding hydrogens is 206 g/mol. The minimum absolute atomic E-state index is 0.200. The van der Waals surface area contributed by atoms with E-state index in [1.165, 1.54) is 0 Å². The van der Waals surface area contributed by atoms with Crippen LogP contribution in [0.3, 0.4) is 0 Å². The Morgan fingerprint density at radius 1 is 1.31 bits per heavy atom. The van der Waals surface area contributed by atoms with E-state index in [-0.39, 0.29) is 5.75 Å². The number of nitrogens with one attached hydrogen (secondary N) is 1. The first-order chi connectivity index (χ1) is 7.74. The number of hydrogen-bond donors (Lipinski definition) is 2. The van der Waals surface area contributed by atoms with E-state index in [1.807, 2.05) is 13.0 Å². The summed E-state index contributed by atoms with van der Waals surface area (Å²) in [5.41, 5.74) is 0.788. The fourth-order valence-electron chi connectivity index (χ4n) is 1.62. The van der Waals surface area contributed by atoms with E-state index in [0.29, 0.717) is 11.6 Å². The first-order valence-electron chi connectivity index (χ1n) is 4.81. The van der Waals surface area contributed by atoms with Crippen molar-refractivity contribution in [2.24, 2.45) is 0 Å². The molecular formula is C10H9N5O. The maximum atomic E-state index is 9.41. The molecule has 6 nitrogen and oxygen atoms in total. The van der Waals surface area contributed by atoms with Crippen LogP contribution in [0, 0.1) is 6.92 Å². The number of rotatable bonds is 1. The van der Waals surface area contributed by atoms with E-state index in [2.05, 4.69) is 20.3 Å². The highest BCUT2D eigenvalue weighted by atomic mass is 16.3. The second-order valence-electron chi connectivity index (χ2n) is 3.52. The zero-order valence-corrected chi connectivity index (χ0v) is 8.55. The van der Waals surface area contributed by atoms with Crippen LogP contribution in [0.2, 0.25) is 0 Å². The van der Waals surface area contributed by atoms with Gasteiger partial charge in [0.1, 0.15) is 11.6 Å². The van der Waals surface area contributed by atoms with Crippen molar-refractivity contribution < 1.29 is 5.11 Å². The summed E-state index contributed by atoms with van der Waals surface area (Å²) in [5.74, 6) is 2.12. The smallest absolute Gasteiger partial charge is 0.272 e. The number of aromatic amines is 1. The lowest BCUT2D eigenvalue weighted by molar-refractivity contribution is 0.475. The Kier molecular flexibility index (Phi) is 1.70. The number of hydrogen-bond acceptors (Lipinski definition) is 4. The van der Waals surface area contributed by atoms with Gasteiger partial charge in [-0.2, -0.15) is 9.50 Å². The number of fused-ring (bicyclic) bond motifs is 1. The van der Waals surface area contributed by atoms with Crippen molar-refractivity contribution in [1.29, 1.82) is 0 Å². The molecule has 1 aromatic carbocycles. The van der Waals surface area contributed by atoms with E-state index in [0.717, 1.165) is 11.4 Å². The van der Waals surface area contributed by atoms with Crippen LogP contribution in [0.25, 0.3) is 17.2 Å². The second-order valence-corrected chi connectivity index (χ2v) is 3.52. The van der Waals surface area contributed by atoms with Crippen LogP contribution >= 0.6 is 0 Å². The van der Waals surface area contributed by atoms with Crippen molar-refractivity contribution in [3.8, 4) is 17.1 Å². The third-order valence-electron chi connectivity index (χ3n) is 2.29. The van der Waals surface area contributed by atoms with Crippen molar-refractivity contribution in [3.63, 3.8) is 0 Å². The summed E-state index contributed by atoms with van der Waals surface area (Å²) in [6.07, 6.45) is 0. The third-order valence-corrected chi connectivity index (χ3v) is 2.29. The van der Waals surface area contributed by atoms with Crippen molar-refractivity contribution in [3.05, 3.63) is 30.1 Å². The molecule has 6 heteroatoms. The minimum Gasteiger partial charge on any atom is -0.508 e. The van der Waals surface area contributed by atoms with Gasteiger partial charge in [-0.25, -0.2) is 0 Å². The molecule has 0 aliphatic carbocycles. The van der Waals surface area contributed by atoms with Gasteiger partial charge in [0, 0.05) is 5.56 Å². The predicted octanol–water partition coefficient (Wildman–Crippen LogP) is 1.13. The van der Waals surface area contributed by atoms with Crippen LogP contribution in [0.4, 0.5) is 0 Å². The van der Waals surface area contributed by atoms with E-state index >= 15 is 0 Å². The van der Waals surface area contributed by atoms with Gasteiger partial charge in [0.2, 0.25) is 0 Å². The lowest BCUT2D eigenvalue weighted by Crippen LogP contribution is -1.90. The molecule has 2 N–H and O–H groups in total. The summed E-state index contributed by atoms with van der Waals surface area (Å²) in [6, 6.07) is 6.86. The van der Waals surface area contributed by atoms with E-state index in [9.17, 15) is 5.11 Å². The zero-order chi connectivity index (χ0) is 11.1. The van der Waals surface area contributed by atoms with Gasteiger partial charge in [0.05, 0.1) is 0 Å². The molecule has 0 radical (unpaired) electrons. The van der Waals surface area contributed by atoms with E-state index in [4.69, 9.17) is 0 Å². The quantitative estimate of drug-likeness (QED) is 0.637. The van der Waals surface area contributed by atoms with Crippen LogP contribution in [0.15, 0.2) is 24.3 Å². The molecule has 0 aliphatic heterocycles. The van der Waals surface area contributed by atoms with E-state index < -0.39 is 0 Å². The number of benzene rings is 1. The van der Waals surface area contributed by atoms with Gasteiger partial charge >= 0.3 is 0 Å². The van der Waals surface area contributed by atoms with Gasteiger partial charge in [0.25, 0.3) is 5.78 Å². The molecule has 0 saturated carbocycles. The molecule has 0 saturated heterocycles. The summed E-state index contributed by atoms with van der Waals surface area (Å²) in [7, 11) is 0. The minimum atomic E-state index is 0.200. The van der Waals surface area contributed by atoms with Gasteiger partial charge < -0.3 is 5.11 Å². The molecule has 2 heterocycles. The van der Waals surface area contributed by atoms with Crippen molar-refractivity contribution in [2.75, 3.05) is 0 Å². The number of nitrogens with zero attached hydrogens (tertiary/aromatic N) is 4. The Balaban J connectivity index is 2.25. The topological polar surface area (TPSA) is 79.1 Å². The van der Waals surface area contributed by atoms with Crippen molar-refractivity contribution >= 4 is 5.78 Å². The number of phenolic OH excluding ortho intramolecular Hbond substituents is 1. The SMILES string of the molecule is Cc1nc2nnc(-c3cccc(O)c3)n2[nH]1. The van der Waals surface area contributed by atoms with Gasteiger partial charge in [0.15, 0.2) is 5.82 Å². The van der Waals surface area contributed by atoms with Gasteiger partial charge in [-0.3, -0.25) is 5.10 Å². The highest BCUT2D eigenvalue weighted by Crippen LogP contribution is 2.21. The van der Waals surface area contributed by atoms with Crippen molar-refractivity contribution in [1.82, 2.24) is 24.8 Å². The number of aromatic hydroxyl groups is 1. The molecule has 0 spiro atoms. The molecule has 0 amide bonds. The van der Waals surface area contributed by atoms with Crippen LogP contribution in [-0.2, 0) is 0 Å². The maximum absolute atomic E-state index is 9.41. The second kappa shape index (κ2) is 3.06. The Labute approximate surface area is 90.6 Å². The van der Waals surface area contributed by atoms with Gasteiger partial charge in [-0.05, 0) is 19.1 Å². The van der Waals surface area contributed by atoms with Gasteiger partial charge in [-0.15, -0.1) is 10.2 Å². The molecule has 3 rings (SSSR count). The summed E-state index contributed by atoms with van der Waals surface area (Å²) >= 11 is 0. The standard InChI is InChI=1S/C10H9N5O/c1-6-11-10-13-12-9(15(10)14-6)7-3-2-4-8(16)5-7/h2-5,16H,1H3,(H,11,13,14). The molecule has 0 atom stereocenters. The monoisotopic (exact) mass is 215 g/mol. The molecule has 80 valence electrons. The fourth-order valence-corrected chi connectivity index (χ4v) is 1.62. The zero-order valence-electron chi connectivity index (χ0n) is 8.55. The molecule has 0 fully saturated rings. The molecule has 2 aromatic heterocycles. The summed E-state index contributed by atoms with van der Waals surface area (Å²) in [4.78, 5) is 4.15. The van der Waals surface area contributed by atoms with Gasteiger partial charge in [-0.1, -0.05) is 12.1 Å². The Hall–Kier alpha value is -2.37. The highest BCUT2D eigenvalue weighted by molar-refractivity contribution is 5.59. The normalized spacial score (nSPS) is 11.1. The van der Waals surface area contributed by atoms with Crippen LogP contribution in [0.5, 0.6) is 5.75 Å². The maximum Gasteiger partial charge on any atom is 0.272 e. The predicted molar refractivity (Wildman–Crippen MR) is 57.0 cm³/mol. The van der Waals surface area contributed by atoms with E-state index in [1.54, 1.807) is 22.7 Å². The van der Waals surface area contributed by atoms with Crippen LogP contribution in [-0.4, -0.2) is 29.9 Å². The molecule has 0 aliphatic rings. The third kappa shape index (κ3) is 1.23. The first kappa shape index (κ1) is 8.90. The largest absolute Gasteiger partial charge is 0.508 e. The Morgan fingerprint density at radius 3 is 3.00 bits per heavy atom. The lowest BCUT2D eigenvalue weighted by atomic mass is 10.2. The Morgan fingerprint density at radius 2 is 2.19 bits per heavy atom. The number of aryl methyl sites for hydroxylation is 1. The summed E-state index contributed by atoms with van der Waals surface area (Å²) in [6.45, 7) is 1.85. The first-order valence-corrected chi connectivity index (χ1v) is 4.81. The number of H-pyrrole nitrogens is 1. The van der Waals surface area contributed by atoms with Crippen LogP contribution < -0.4 is 0 Å². The number of phenols is 1. The van der Waals surface area contributed by atoms with Crippen molar-refractivity contribution in [2.45, 2.75) is 6.92 Å². The molecule has 0 unspecified atom stereocenters. The van der Waals surface area contributed by atoms with Crippen LogP contribution in [0.1, 0.15) is 5.82 Å². The Bertz CT molecular complexity index is 654. The molecule has 0 bridgehead atoms. The average Bonchev–Trinajstić information content (AvgIpc) is 2.76. The highest BCUT2D eigenvalue weighted by Gasteiger charge is 2.10. The molecule has 3 aromatic rings. The molecule has 16 heavy (non-hydrogen) atoms. The fraction of sp³-hybridized carbons (Fsp3) is 0.100.